The van der Waals surface area contributed by atoms with E-state index in [1.165, 1.54) is 0 Å². The summed E-state index contributed by atoms with van der Waals surface area (Å²) in [6, 6.07) is 0. The van der Waals surface area contributed by atoms with Gasteiger partial charge in [0.1, 0.15) is 0 Å². The van der Waals surface area contributed by atoms with E-state index in [1.807, 2.05) is 34.0 Å². The fourth-order valence-corrected chi connectivity index (χ4v) is 1.28. The summed E-state index contributed by atoms with van der Waals surface area (Å²) in [5.74, 6) is 0. The Morgan fingerprint density at radius 3 is 2.64 bits per heavy atom. The minimum absolute atomic E-state index is 0.608. The molecule has 0 atom stereocenters. The minimum Gasteiger partial charge on any atom is -0.390 e. The van der Waals surface area contributed by atoms with Gasteiger partial charge in [-0.15, -0.1) is 0 Å². The summed E-state index contributed by atoms with van der Waals surface area (Å²) in [6.45, 7) is 6.35. The molecule has 1 aromatic heterocycles. The molecule has 0 spiro atoms. The summed E-state index contributed by atoms with van der Waals surface area (Å²) >= 11 is 0. The summed E-state index contributed by atoms with van der Waals surface area (Å²) in [4.78, 5) is 0. The zero-order chi connectivity index (χ0) is 10.8. The second-order valence-corrected chi connectivity index (χ2v) is 4.29. The number of rotatable bonds is 4. The van der Waals surface area contributed by atoms with E-state index in [-0.39, 0.29) is 0 Å². The molecule has 4 nitrogen and oxygen atoms in total. The standard InChI is InChI=1S/C10H19N3O/c1-8-9(7-13(4)12-8)11-6-5-10(2,3)14/h7,11,14H,5-6H2,1-4H3. The third-order valence-electron chi connectivity index (χ3n) is 2.07. The zero-order valence-electron chi connectivity index (χ0n) is 9.33. The number of hydrogen-bond donors (Lipinski definition) is 2. The molecule has 1 rings (SSSR count). The summed E-state index contributed by atoms with van der Waals surface area (Å²) in [6.07, 6.45) is 2.67. The first-order valence-electron chi connectivity index (χ1n) is 4.85. The zero-order valence-corrected chi connectivity index (χ0v) is 9.33. The maximum atomic E-state index is 9.51. The maximum Gasteiger partial charge on any atom is 0.0824 e. The number of anilines is 1. The Morgan fingerprint density at radius 2 is 2.21 bits per heavy atom. The molecule has 0 saturated carbocycles. The molecule has 0 bridgehead atoms. The Balaban J connectivity index is 2.42. The van der Waals surface area contributed by atoms with Gasteiger partial charge >= 0.3 is 0 Å². The lowest BCUT2D eigenvalue weighted by Gasteiger charge is -2.17. The molecule has 1 heterocycles. The second-order valence-electron chi connectivity index (χ2n) is 4.29. The van der Waals surface area contributed by atoms with Crippen LogP contribution in [0.15, 0.2) is 6.20 Å². The van der Waals surface area contributed by atoms with Crippen LogP contribution in [0.3, 0.4) is 0 Å². The molecular formula is C10H19N3O. The molecule has 0 aromatic carbocycles. The largest absolute Gasteiger partial charge is 0.390 e. The Kier molecular flexibility index (Phi) is 3.16. The second kappa shape index (κ2) is 4.00. The van der Waals surface area contributed by atoms with Crippen molar-refractivity contribution < 1.29 is 5.11 Å². The van der Waals surface area contributed by atoms with E-state index in [9.17, 15) is 5.11 Å². The molecule has 0 unspecified atom stereocenters. The molecule has 0 aliphatic carbocycles. The van der Waals surface area contributed by atoms with Gasteiger partial charge < -0.3 is 10.4 Å². The molecule has 0 aliphatic heterocycles. The first-order valence-corrected chi connectivity index (χ1v) is 4.85. The predicted molar refractivity (Wildman–Crippen MR) is 57.3 cm³/mol. The smallest absolute Gasteiger partial charge is 0.0824 e. The van der Waals surface area contributed by atoms with Crippen LogP contribution >= 0.6 is 0 Å². The number of aromatic nitrogens is 2. The van der Waals surface area contributed by atoms with Crippen LogP contribution in [0.2, 0.25) is 0 Å². The summed E-state index contributed by atoms with van der Waals surface area (Å²) in [7, 11) is 1.90. The van der Waals surface area contributed by atoms with Crippen molar-refractivity contribution in [2.45, 2.75) is 32.8 Å². The number of hydrogen-bond acceptors (Lipinski definition) is 3. The minimum atomic E-state index is -0.608. The first kappa shape index (κ1) is 11.0. The third-order valence-corrected chi connectivity index (χ3v) is 2.07. The topological polar surface area (TPSA) is 50.1 Å². The summed E-state index contributed by atoms with van der Waals surface area (Å²) < 4.78 is 1.78. The molecule has 14 heavy (non-hydrogen) atoms. The normalized spacial score (nSPS) is 11.8. The Morgan fingerprint density at radius 1 is 1.57 bits per heavy atom. The first-order chi connectivity index (χ1) is 6.38. The predicted octanol–water partition coefficient (Wildman–Crippen LogP) is 1.30. The summed E-state index contributed by atoms with van der Waals surface area (Å²) in [5, 5.41) is 17.0. The van der Waals surface area contributed by atoms with Gasteiger partial charge in [-0.2, -0.15) is 5.10 Å². The highest BCUT2D eigenvalue weighted by atomic mass is 16.3. The third kappa shape index (κ3) is 3.38. The SMILES string of the molecule is Cc1nn(C)cc1NCCC(C)(C)O. The maximum absolute atomic E-state index is 9.51. The van der Waals surface area contributed by atoms with Crippen molar-refractivity contribution in [3.63, 3.8) is 0 Å². The van der Waals surface area contributed by atoms with Crippen LogP contribution in [0.25, 0.3) is 0 Å². The van der Waals surface area contributed by atoms with Gasteiger partial charge in [0.15, 0.2) is 0 Å². The van der Waals surface area contributed by atoms with Crippen LogP contribution in [0, 0.1) is 6.92 Å². The van der Waals surface area contributed by atoms with Gasteiger partial charge in [-0.1, -0.05) is 0 Å². The Bertz CT molecular complexity index is 299. The van der Waals surface area contributed by atoms with Crippen LogP contribution in [0.5, 0.6) is 0 Å². The van der Waals surface area contributed by atoms with Crippen LogP contribution < -0.4 is 5.32 Å². The van der Waals surface area contributed by atoms with E-state index in [1.54, 1.807) is 4.68 Å². The van der Waals surface area contributed by atoms with Gasteiger partial charge in [-0.05, 0) is 27.2 Å². The van der Waals surface area contributed by atoms with Crippen molar-refractivity contribution in [2.24, 2.45) is 7.05 Å². The van der Waals surface area contributed by atoms with Crippen molar-refractivity contribution in [1.29, 1.82) is 0 Å². The number of aliphatic hydroxyl groups is 1. The average molecular weight is 197 g/mol. The molecular weight excluding hydrogens is 178 g/mol. The number of nitrogens with zero attached hydrogens (tertiary/aromatic N) is 2. The van der Waals surface area contributed by atoms with Gasteiger partial charge in [0.05, 0.1) is 17.0 Å². The van der Waals surface area contributed by atoms with E-state index in [0.717, 1.165) is 24.3 Å². The van der Waals surface area contributed by atoms with Crippen LogP contribution in [-0.2, 0) is 7.05 Å². The van der Waals surface area contributed by atoms with Crippen LogP contribution in [0.4, 0.5) is 5.69 Å². The van der Waals surface area contributed by atoms with Crippen LogP contribution in [-0.4, -0.2) is 27.0 Å². The van der Waals surface area contributed by atoms with E-state index in [4.69, 9.17) is 0 Å². The van der Waals surface area contributed by atoms with Gasteiger partial charge in [-0.3, -0.25) is 4.68 Å². The Hall–Kier alpha value is -1.03. The molecule has 0 fully saturated rings. The van der Waals surface area contributed by atoms with Crippen molar-refractivity contribution in [3.8, 4) is 0 Å². The average Bonchev–Trinajstić information content (AvgIpc) is 2.27. The van der Waals surface area contributed by atoms with Gasteiger partial charge in [0.25, 0.3) is 0 Å². The lowest BCUT2D eigenvalue weighted by atomic mass is 10.1. The number of nitrogens with one attached hydrogen (secondary N) is 1. The van der Waals surface area contributed by atoms with Crippen molar-refractivity contribution in [3.05, 3.63) is 11.9 Å². The molecule has 0 saturated heterocycles. The molecule has 1 aromatic rings. The lowest BCUT2D eigenvalue weighted by molar-refractivity contribution is 0.0749. The van der Waals surface area contributed by atoms with E-state index < -0.39 is 5.60 Å². The highest BCUT2D eigenvalue weighted by Gasteiger charge is 2.11. The molecule has 80 valence electrons. The Labute approximate surface area is 84.9 Å². The fourth-order valence-electron chi connectivity index (χ4n) is 1.28. The molecule has 2 N–H and O–H groups in total. The summed E-state index contributed by atoms with van der Waals surface area (Å²) in [5.41, 5.74) is 1.42. The quantitative estimate of drug-likeness (QED) is 0.765. The molecule has 0 radical (unpaired) electrons. The van der Waals surface area contributed by atoms with Crippen molar-refractivity contribution in [1.82, 2.24) is 9.78 Å². The molecule has 0 aliphatic rings. The highest BCUT2D eigenvalue weighted by molar-refractivity contribution is 5.45. The van der Waals surface area contributed by atoms with E-state index in [0.29, 0.717) is 0 Å². The molecule has 4 heteroatoms. The van der Waals surface area contributed by atoms with Gasteiger partial charge in [-0.25, -0.2) is 0 Å². The van der Waals surface area contributed by atoms with Crippen molar-refractivity contribution >= 4 is 5.69 Å². The van der Waals surface area contributed by atoms with Crippen molar-refractivity contribution in [2.75, 3.05) is 11.9 Å². The number of aryl methyl sites for hydroxylation is 2. The monoisotopic (exact) mass is 197 g/mol. The van der Waals surface area contributed by atoms with E-state index >= 15 is 0 Å². The van der Waals surface area contributed by atoms with E-state index in [2.05, 4.69) is 10.4 Å². The lowest BCUT2D eigenvalue weighted by Crippen LogP contribution is -2.22. The molecule has 0 amide bonds. The van der Waals surface area contributed by atoms with Crippen LogP contribution in [0.1, 0.15) is 26.0 Å². The van der Waals surface area contributed by atoms with Gasteiger partial charge in [0, 0.05) is 19.8 Å². The fraction of sp³-hybridized carbons (Fsp3) is 0.700. The highest BCUT2D eigenvalue weighted by Crippen LogP contribution is 2.13. The van der Waals surface area contributed by atoms with Gasteiger partial charge in [0.2, 0.25) is 0 Å².